The Kier molecular flexibility index (Phi) is 7.40. The predicted molar refractivity (Wildman–Crippen MR) is 136 cm³/mol. The minimum Gasteiger partial charge on any atom is -0.480 e. The van der Waals surface area contributed by atoms with Gasteiger partial charge in [-0.25, -0.2) is 9.59 Å². The van der Waals surface area contributed by atoms with Crippen molar-refractivity contribution >= 4 is 29.7 Å². The fraction of sp³-hybridized carbons (Fsp3) is 0.444. The van der Waals surface area contributed by atoms with Gasteiger partial charge in [-0.15, -0.1) is 11.8 Å². The number of amides is 2. The molecule has 2 aliphatic rings. The van der Waals surface area contributed by atoms with Crippen LogP contribution in [0.15, 0.2) is 48.5 Å². The SMILES string of the molecule is CCC1SCC(C(=O)O)N1C(=O)C(C)(C)CCNC(=O)OCC1c2ccccc2-c2ccccc21. The summed E-state index contributed by atoms with van der Waals surface area (Å²) in [7, 11) is 0. The van der Waals surface area contributed by atoms with Gasteiger partial charge in [0.1, 0.15) is 12.6 Å². The number of thioether (sulfide) groups is 1. The zero-order valence-corrected chi connectivity index (χ0v) is 21.1. The van der Waals surface area contributed by atoms with Crippen molar-refractivity contribution in [2.24, 2.45) is 5.41 Å². The molecule has 1 aliphatic heterocycles. The highest BCUT2D eigenvalue weighted by Gasteiger charge is 2.45. The highest BCUT2D eigenvalue weighted by atomic mass is 32.2. The fourth-order valence-corrected chi connectivity index (χ4v) is 6.27. The number of carboxylic acids is 1. The maximum atomic E-state index is 13.3. The average Bonchev–Trinajstić information content (AvgIpc) is 3.41. The van der Waals surface area contributed by atoms with E-state index in [0.717, 1.165) is 11.1 Å². The molecule has 186 valence electrons. The van der Waals surface area contributed by atoms with Crippen LogP contribution in [0.3, 0.4) is 0 Å². The van der Waals surface area contributed by atoms with Crippen LogP contribution in [0.25, 0.3) is 11.1 Å². The third-order valence-corrected chi connectivity index (χ3v) is 8.36. The van der Waals surface area contributed by atoms with E-state index >= 15 is 0 Å². The summed E-state index contributed by atoms with van der Waals surface area (Å²) in [5, 5.41) is 12.2. The van der Waals surface area contributed by atoms with E-state index in [1.54, 1.807) is 13.8 Å². The van der Waals surface area contributed by atoms with Crippen molar-refractivity contribution in [3.63, 3.8) is 0 Å². The number of carboxylic acid groups (broad SMARTS) is 1. The first-order valence-electron chi connectivity index (χ1n) is 12.0. The van der Waals surface area contributed by atoms with Crippen molar-refractivity contribution in [3.05, 3.63) is 59.7 Å². The minimum absolute atomic E-state index is 0.0160. The molecule has 1 heterocycles. The third-order valence-electron chi connectivity index (χ3n) is 6.90. The lowest BCUT2D eigenvalue weighted by molar-refractivity contribution is -0.153. The average molecular weight is 497 g/mol. The zero-order chi connectivity index (χ0) is 25.2. The third kappa shape index (κ3) is 5.03. The first-order valence-corrected chi connectivity index (χ1v) is 13.1. The van der Waals surface area contributed by atoms with Gasteiger partial charge >= 0.3 is 12.1 Å². The number of benzene rings is 2. The van der Waals surface area contributed by atoms with Gasteiger partial charge in [0.05, 0.1) is 5.37 Å². The molecule has 2 amide bonds. The van der Waals surface area contributed by atoms with Crippen molar-refractivity contribution < 1.29 is 24.2 Å². The van der Waals surface area contributed by atoms with Gasteiger partial charge in [-0.2, -0.15) is 0 Å². The first kappa shape index (κ1) is 25.1. The van der Waals surface area contributed by atoms with Crippen molar-refractivity contribution in [2.45, 2.75) is 50.9 Å². The molecule has 1 fully saturated rings. The Bertz CT molecular complexity index is 1070. The van der Waals surface area contributed by atoms with Crippen molar-refractivity contribution in [3.8, 4) is 11.1 Å². The van der Waals surface area contributed by atoms with E-state index in [0.29, 0.717) is 18.6 Å². The van der Waals surface area contributed by atoms with Crippen LogP contribution in [0.4, 0.5) is 4.79 Å². The van der Waals surface area contributed by atoms with Crippen LogP contribution in [0.5, 0.6) is 0 Å². The standard InChI is InChI=1S/C27H32N2O5S/c1-4-23-29(22(16-35-23)24(30)31)25(32)27(2,3)13-14-28-26(33)34-15-21-19-11-7-5-9-17(19)18-10-6-8-12-20(18)21/h5-12,21-23H,4,13-16H2,1-3H3,(H,28,33)(H,30,31). The molecule has 4 rings (SSSR count). The van der Waals surface area contributed by atoms with Gasteiger partial charge in [0.2, 0.25) is 5.91 Å². The summed E-state index contributed by atoms with van der Waals surface area (Å²) >= 11 is 1.50. The molecule has 2 N–H and O–H groups in total. The van der Waals surface area contributed by atoms with E-state index in [1.807, 2.05) is 31.2 Å². The molecule has 0 radical (unpaired) electrons. The molecule has 0 spiro atoms. The van der Waals surface area contributed by atoms with Crippen LogP contribution < -0.4 is 5.32 Å². The van der Waals surface area contributed by atoms with Crippen LogP contribution in [0.1, 0.15) is 50.7 Å². The van der Waals surface area contributed by atoms with Crippen LogP contribution in [0, 0.1) is 5.41 Å². The molecule has 0 saturated carbocycles. The van der Waals surface area contributed by atoms with Crippen molar-refractivity contribution in [2.75, 3.05) is 18.9 Å². The second-order valence-electron chi connectivity index (χ2n) is 9.65. The number of hydrogen-bond acceptors (Lipinski definition) is 5. The molecule has 35 heavy (non-hydrogen) atoms. The molecule has 2 aromatic carbocycles. The quantitative estimate of drug-likeness (QED) is 0.550. The van der Waals surface area contributed by atoms with Gasteiger partial charge in [0.25, 0.3) is 0 Å². The van der Waals surface area contributed by atoms with Crippen LogP contribution in [0.2, 0.25) is 0 Å². The number of nitrogens with one attached hydrogen (secondary N) is 1. The molecule has 0 bridgehead atoms. The van der Waals surface area contributed by atoms with E-state index in [1.165, 1.54) is 27.8 Å². The number of carbonyl (C=O) groups is 3. The number of carbonyl (C=O) groups excluding carboxylic acids is 2. The number of alkyl carbamates (subject to hydrolysis) is 1. The fourth-order valence-electron chi connectivity index (χ4n) is 4.92. The van der Waals surface area contributed by atoms with E-state index in [4.69, 9.17) is 4.74 Å². The number of hydrogen-bond donors (Lipinski definition) is 2. The Hall–Kier alpha value is -3.00. The van der Waals surface area contributed by atoms with Gasteiger partial charge < -0.3 is 20.1 Å². The highest BCUT2D eigenvalue weighted by molar-refractivity contribution is 8.00. The van der Waals surface area contributed by atoms with Gasteiger partial charge in [0, 0.05) is 23.6 Å². The highest BCUT2D eigenvalue weighted by Crippen LogP contribution is 2.44. The Labute approximate surface area is 210 Å². The smallest absolute Gasteiger partial charge is 0.407 e. The lowest BCUT2D eigenvalue weighted by Crippen LogP contribution is -2.51. The Morgan fingerprint density at radius 1 is 1.09 bits per heavy atom. The summed E-state index contributed by atoms with van der Waals surface area (Å²) in [6.07, 6.45) is 0.538. The molecule has 2 aromatic rings. The molecule has 1 saturated heterocycles. The maximum Gasteiger partial charge on any atom is 0.407 e. The van der Waals surface area contributed by atoms with Crippen molar-refractivity contribution in [1.82, 2.24) is 10.2 Å². The number of rotatable bonds is 8. The van der Waals surface area contributed by atoms with Gasteiger partial charge in [-0.3, -0.25) is 4.79 Å². The van der Waals surface area contributed by atoms with Gasteiger partial charge in [-0.1, -0.05) is 69.3 Å². The van der Waals surface area contributed by atoms with Crippen LogP contribution >= 0.6 is 11.8 Å². The summed E-state index contributed by atoms with van der Waals surface area (Å²) < 4.78 is 5.57. The van der Waals surface area contributed by atoms with E-state index in [-0.39, 0.29) is 30.4 Å². The summed E-state index contributed by atoms with van der Waals surface area (Å²) in [4.78, 5) is 38.9. The molecular formula is C27H32N2O5S. The Balaban J connectivity index is 1.32. The summed E-state index contributed by atoms with van der Waals surface area (Å²) in [5.41, 5.74) is 3.82. The molecule has 2 atom stereocenters. The van der Waals surface area contributed by atoms with E-state index in [9.17, 15) is 19.5 Å². The summed E-state index contributed by atoms with van der Waals surface area (Å²) in [5.74, 6) is -0.795. The van der Waals surface area contributed by atoms with Crippen LogP contribution in [-0.4, -0.2) is 58.3 Å². The Morgan fingerprint density at radius 2 is 1.69 bits per heavy atom. The number of ether oxygens (including phenoxy) is 1. The van der Waals surface area contributed by atoms with Gasteiger partial charge in [-0.05, 0) is 35.1 Å². The van der Waals surface area contributed by atoms with Crippen LogP contribution in [-0.2, 0) is 14.3 Å². The molecule has 2 unspecified atom stereocenters. The lowest BCUT2D eigenvalue weighted by Gasteiger charge is -2.34. The summed E-state index contributed by atoms with van der Waals surface area (Å²) in [6, 6.07) is 15.5. The molecular weight excluding hydrogens is 464 g/mol. The lowest BCUT2D eigenvalue weighted by atomic mass is 9.87. The largest absolute Gasteiger partial charge is 0.480 e. The molecule has 7 nitrogen and oxygen atoms in total. The molecule has 1 aliphatic carbocycles. The maximum absolute atomic E-state index is 13.3. The number of aliphatic carboxylic acids is 1. The van der Waals surface area contributed by atoms with E-state index in [2.05, 4.69) is 29.6 Å². The predicted octanol–water partition coefficient (Wildman–Crippen LogP) is 4.71. The minimum atomic E-state index is -0.977. The van der Waals surface area contributed by atoms with Crippen molar-refractivity contribution in [1.29, 1.82) is 0 Å². The van der Waals surface area contributed by atoms with Gasteiger partial charge in [0.15, 0.2) is 0 Å². The topological polar surface area (TPSA) is 95.9 Å². The normalized spacial score (nSPS) is 19.2. The summed E-state index contributed by atoms with van der Waals surface area (Å²) in [6.45, 7) is 6.02. The Morgan fingerprint density at radius 3 is 2.26 bits per heavy atom. The molecule has 8 heteroatoms. The zero-order valence-electron chi connectivity index (χ0n) is 20.3. The van der Waals surface area contributed by atoms with E-state index < -0.39 is 23.5 Å². The second kappa shape index (κ2) is 10.3. The number of fused-ring (bicyclic) bond motifs is 3. The second-order valence-corrected chi connectivity index (χ2v) is 10.9. The monoisotopic (exact) mass is 496 g/mol. The number of nitrogens with zero attached hydrogens (tertiary/aromatic N) is 1. The molecule has 0 aromatic heterocycles. The first-order chi connectivity index (χ1) is 16.7.